The summed E-state index contributed by atoms with van der Waals surface area (Å²) in [6.07, 6.45) is 0. The highest BCUT2D eigenvalue weighted by atomic mass is 79.9. The Hall–Kier alpha value is -1.66. The van der Waals surface area contributed by atoms with Crippen LogP contribution in [0, 0.1) is 11.8 Å². The number of ether oxygens (including phenoxy) is 2. The van der Waals surface area contributed by atoms with Crippen LogP contribution in [0.25, 0.3) is 0 Å². The predicted octanol–water partition coefficient (Wildman–Crippen LogP) is 5.45. The topological polar surface area (TPSA) is 52.6 Å². The molecule has 4 nitrogen and oxygen atoms in total. The van der Waals surface area contributed by atoms with Crippen molar-refractivity contribution < 1.29 is 19.1 Å². The number of carbonyl (C=O) groups is 2. The lowest BCUT2D eigenvalue weighted by molar-refractivity contribution is -0.171. The van der Waals surface area contributed by atoms with E-state index in [9.17, 15) is 9.59 Å². The second kappa shape index (κ2) is 9.23. The van der Waals surface area contributed by atoms with E-state index in [4.69, 9.17) is 9.47 Å². The number of hydrogen-bond donors (Lipinski definition) is 0. The Morgan fingerprint density at radius 2 is 1.04 bits per heavy atom. The van der Waals surface area contributed by atoms with Crippen LogP contribution in [0.4, 0.5) is 0 Å². The molecule has 0 radical (unpaired) electrons. The first-order valence-corrected chi connectivity index (χ1v) is 10.9. The number of benzene rings is 2. The van der Waals surface area contributed by atoms with Gasteiger partial charge in [0.05, 0.1) is 25.0 Å². The summed E-state index contributed by atoms with van der Waals surface area (Å²) < 4.78 is 12.6. The third-order valence-corrected chi connectivity index (χ3v) is 6.23. The second-order valence-electron chi connectivity index (χ2n) is 6.71. The first-order chi connectivity index (χ1) is 13.5. The summed E-state index contributed by atoms with van der Waals surface area (Å²) in [6.45, 7) is 4.11. The Morgan fingerprint density at radius 3 is 1.32 bits per heavy atom. The lowest BCUT2D eigenvalue weighted by atomic mass is 9.52. The van der Waals surface area contributed by atoms with E-state index in [1.165, 1.54) is 0 Å². The molecule has 2 aromatic carbocycles. The van der Waals surface area contributed by atoms with E-state index >= 15 is 0 Å². The minimum atomic E-state index is -0.561. The molecule has 0 bridgehead atoms. The monoisotopic (exact) mass is 508 g/mol. The number of carbonyl (C=O) groups excluding carboxylic acids is 2. The molecule has 0 unspecified atom stereocenters. The molecule has 1 aliphatic rings. The molecule has 0 amide bonds. The fourth-order valence-electron chi connectivity index (χ4n) is 4.01. The Labute approximate surface area is 181 Å². The zero-order chi connectivity index (χ0) is 20.3. The summed E-state index contributed by atoms with van der Waals surface area (Å²) in [5.74, 6) is -2.11. The zero-order valence-electron chi connectivity index (χ0n) is 15.7. The molecule has 1 aliphatic carbocycles. The minimum Gasteiger partial charge on any atom is -0.466 e. The first-order valence-electron chi connectivity index (χ1n) is 9.32. The number of hydrogen-bond acceptors (Lipinski definition) is 4. The molecule has 0 N–H and O–H groups in total. The van der Waals surface area contributed by atoms with Gasteiger partial charge in [-0.05, 0) is 49.2 Å². The molecule has 2 aromatic rings. The van der Waals surface area contributed by atoms with Crippen molar-refractivity contribution in [1.29, 1.82) is 0 Å². The summed E-state index contributed by atoms with van der Waals surface area (Å²) in [5, 5.41) is 0. The highest BCUT2D eigenvalue weighted by Gasteiger charge is 2.59. The van der Waals surface area contributed by atoms with Gasteiger partial charge in [0.15, 0.2) is 0 Å². The fraction of sp³-hybridized carbons (Fsp3) is 0.364. The molecule has 0 spiro atoms. The molecule has 4 atom stereocenters. The predicted molar refractivity (Wildman–Crippen MR) is 114 cm³/mol. The van der Waals surface area contributed by atoms with Crippen molar-refractivity contribution >= 4 is 43.8 Å². The Bertz CT molecular complexity index is 761. The average molecular weight is 510 g/mol. The van der Waals surface area contributed by atoms with E-state index in [1.807, 2.05) is 48.5 Å². The SMILES string of the molecule is CCOC(=O)[C@@H]1[C@@H](C(=O)OCC)[C@H](c2ccc(Br)cc2)[C@H]1c1ccc(Br)cc1. The van der Waals surface area contributed by atoms with Gasteiger partial charge in [0.25, 0.3) is 0 Å². The third-order valence-electron chi connectivity index (χ3n) is 5.17. The van der Waals surface area contributed by atoms with Crippen LogP contribution in [-0.2, 0) is 19.1 Å². The highest BCUT2D eigenvalue weighted by Crippen LogP contribution is 2.58. The second-order valence-corrected chi connectivity index (χ2v) is 8.54. The van der Waals surface area contributed by atoms with Gasteiger partial charge in [-0.2, -0.15) is 0 Å². The normalized spacial score (nSPS) is 23.6. The summed E-state index contributed by atoms with van der Waals surface area (Å²) in [7, 11) is 0. The molecular formula is C22H22Br2O4. The molecule has 148 valence electrons. The molecule has 0 aromatic heterocycles. The maximum absolute atomic E-state index is 12.8. The first kappa shape index (κ1) is 21.1. The van der Waals surface area contributed by atoms with Crippen molar-refractivity contribution in [3.63, 3.8) is 0 Å². The maximum Gasteiger partial charge on any atom is 0.310 e. The van der Waals surface area contributed by atoms with E-state index < -0.39 is 11.8 Å². The van der Waals surface area contributed by atoms with Gasteiger partial charge in [0, 0.05) is 20.8 Å². The van der Waals surface area contributed by atoms with Gasteiger partial charge in [-0.1, -0.05) is 56.1 Å². The largest absolute Gasteiger partial charge is 0.466 e. The van der Waals surface area contributed by atoms with Crippen molar-refractivity contribution in [1.82, 2.24) is 0 Å². The van der Waals surface area contributed by atoms with E-state index in [2.05, 4.69) is 31.9 Å². The van der Waals surface area contributed by atoms with Crippen LogP contribution in [0.2, 0.25) is 0 Å². The minimum absolute atomic E-state index is 0.150. The average Bonchev–Trinajstić information content (AvgIpc) is 2.65. The molecule has 28 heavy (non-hydrogen) atoms. The van der Waals surface area contributed by atoms with E-state index in [-0.39, 0.29) is 37.0 Å². The van der Waals surface area contributed by atoms with Crippen molar-refractivity contribution in [2.75, 3.05) is 13.2 Å². The number of rotatable bonds is 6. The lowest BCUT2D eigenvalue weighted by Crippen LogP contribution is -2.52. The van der Waals surface area contributed by atoms with Crippen LogP contribution in [0.3, 0.4) is 0 Å². The summed E-state index contributed by atoms with van der Waals surface area (Å²) in [6, 6.07) is 15.8. The molecule has 0 saturated heterocycles. The highest BCUT2D eigenvalue weighted by molar-refractivity contribution is 9.10. The van der Waals surface area contributed by atoms with Crippen LogP contribution >= 0.6 is 31.9 Å². The van der Waals surface area contributed by atoms with Crippen molar-refractivity contribution in [3.8, 4) is 0 Å². The van der Waals surface area contributed by atoms with Gasteiger partial charge in [-0.25, -0.2) is 0 Å². The zero-order valence-corrected chi connectivity index (χ0v) is 18.9. The van der Waals surface area contributed by atoms with Crippen LogP contribution in [0.1, 0.15) is 36.8 Å². The van der Waals surface area contributed by atoms with Gasteiger partial charge in [-0.15, -0.1) is 0 Å². The van der Waals surface area contributed by atoms with Crippen molar-refractivity contribution in [3.05, 3.63) is 68.6 Å². The van der Waals surface area contributed by atoms with Gasteiger partial charge in [0.1, 0.15) is 0 Å². The maximum atomic E-state index is 12.8. The van der Waals surface area contributed by atoms with Crippen molar-refractivity contribution in [2.45, 2.75) is 25.7 Å². The van der Waals surface area contributed by atoms with E-state index in [0.717, 1.165) is 20.1 Å². The third kappa shape index (κ3) is 4.18. The molecular weight excluding hydrogens is 488 g/mol. The van der Waals surface area contributed by atoms with Gasteiger partial charge in [0.2, 0.25) is 0 Å². The molecule has 0 aliphatic heterocycles. The Morgan fingerprint density at radius 1 is 0.714 bits per heavy atom. The van der Waals surface area contributed by atoms with Crippen LogP contribution in [0.15, 0.2) is 57.5 Å². The molecule has 0 heterocycles. The molecule has 1 saturated carbocycles. The van der Waals surface area contributed by atoms with E-state index in [1.54, 1.807) is 13.8 Å². The number of halogens is 2. The van der Waals surface area contributed by atoms with Crippen LogP contribution in [-0.4, -0.2) is 25.2 Å². The van der Waals surface area contributed by atoms with Gasteiger partial charge < -0.3 is 9.47 Å². The van der Waals surface area contributed by atoms with Crippen LogP contribution in [0.5, 0.6) is 0 Å². The quantitative estimate of drug-likeness (QED) is 0.486. The lowest BCUT2D eigenvalue weighted by Gasteiger charge is -2.49. The van der Waals surface area contributed by atoms with Gasteiger partial charge in [-0.3, -0.25) is 9.59 Å². The van der Waals surface area contributed by atoms with E-state index in [0.29, 0.717) is 0 Å². The Kier molecular flexibility index (Phi) is 6.94. The molecule has 6 heteroatoms. The van der Waals surface area contributed by atoms with Crippen molar-refractivity contribution in [2.24, 2.45) is 11.8 Å². The van der Waals surface area contributed by atoms with Gasteiger partial charge >= 0.3 is 11.9 Å². The Balaban J connectivity index is 2.06. The summed E-state index contributed by atoms with van der Waals surface area (Å²) >= 11 is 6.91. The summed E-state index contributed by atoms with van der Waals surface area (Å²) in [5.41, 5.74) is 2.02. The smallest absolute Gasteiger partial charge is 0.310 e. The fourth-order valence-corrected chi connectivity index (χ4v) is 4.54. The number of esters is 2. The van der Waals surface area contributed by atoms with Crippen LogP contribution < -0.4 is 0 Å². The summed E-state index contributed by atoms with van der Waals surface area (Å²) in [4.78, 5) is 25.6. The molecule has 1 fully saturated rings. The standard InChI is InChI=1S/C22H22Br2O4/c1-3-27-21(25)19-17(13-5-9-15(23)10-6-13)18(20(19)22(26)28-4-2)14-7-11-16(24)12-8-14/h5-12,17-20H,3-4H2,1-2H3/t17-,18-,19+,20+/m1/s1. The molecule has 3 rings (SSSR count).